The molecular formula is C18H23N3OS2. The summed E-state index contributed by atoms with van der Waals surface area (Å²) in [5, 5.41) is 13.3. The molecule has 128 valence electrons. The van der Waals surface area contributed by atoms with Crippen molar-refractivity contribution in [3.05, 3.63) is 32.4 Å². The molecule has 0 aromatic carbocycles. The molecule has 3 heterocycles. The van der Waals surface area contributed by atoms with Crippen LogP contribution in [0.1, 0.15) is 64.1 Å². The van der Waals surface area contributed by atoms with Gasteiger partial charge in [0.25, 0.3) is 5.91 Å². The van der Waals surface area contributed by atoms with E-state index in [2.05, 4.69) is 10.2 Å². The molecule has 2 aromatic rings. The molecule has 0 radical (unpaired) electrons. The Morgan fingerprint density at radius 2 is 1.96 bits per heavy atom. The molecule has 6 heteroatoms. The predicted molar refractivity (Wildman–Crippen MR) is 97.8 cm³/mol. The van der Waals surface area contributed by atoms with Crippen molar-refractivity contribution in [3.63, 3.8) is 0 Å². The Morgan fingerprint density at radius 1 is 1.17 bits per heavy atom. The fraction of sp³-hybridized carbons (Fsp3) is 0.611. The number of carbonyl (C=O) groups excluding carboxylic acids is 1. The van der Waals surface area contributed by atoms with Crippen LogP contribution in [0.25, 0.3) is 0 Å². The van der Waals surface area contributed by atoms with Gasteiger partial charge < -0.3 is 4.90 Å². The van der Waals surface area contributed by atoms with Gasteiger partial charge >= 0.3 is 0 Å². The molecule has 1 amide bonds. The molecule has 0 bridgehead atoms. The number of aromatic nitrogens is 2. The lowest BCUT2D eigenvalue weighted by Gasteiger charge is -2.30. The molecule has 2 aromatic heterocycles. The van der Waals surface area contributed by atoms with E-state index in [0.717, 1.165) is 43.1 Å². The monoisotopic (exact) mass is 361 g/mol. The van der Waals surface area contributed by atoms with Gasteiger partial charge in [0.05, 0.1) is 4.88 Å². The standard InChI is InChI=1S/C18H23N3OS2/c22-18(15-6-3-11-23-15)21-9-7-14(8-10-21)17-20-19-16(24-17)12-13-4-1-2-5-13/h3,6,11,13-14H,1-2,4-5,7-10,12H2. The Labute approximate surface area is 150 Å². The molecule has 1 aliphatic heterocycles. The fourth-order valence-corrected chi connectivity index (χ4v) is 5.68. The molecule has 4 rings (SSSR count). The topological polar surface area (TPSA) is 46.1 Å². The molecule has 0 spiro atoms. The molecule has 0 N–H and O–H groups in total. The van der Waals surface area contributed by atoms with E-state index in [-0.39, 0.29) is 5.91 Å². The smallest absolute Gasteiger partial charge is 0.263 e. The van der Waals surface area contributed by atoms with Crippen LogP contribution in [0, 0.1) is 5.92 Å². The van der Waals surface area contributed by atoms with Gasteiger partial charge in [0.2, 0.25) is 0 Å². The van der Waals surface area contributed by atoms with Crippen molar-refractivity contribution in [2.24, 2.45) is 5.92 Å². The van der Waals surface area contributed by atoms with Crippen LogP contribution in [0.3, 0.4) is 0 Å². The summed E-state index contributed by atoms with van der Waals surface area (Å²) in [4.78, 5) is 15.3. The Bertz CT molecular complexity index is 668. The van der Waals surface area contributed by atoms with Crippen molar-refractivity contribution in [2.75, 3.05) is 13.1 Å². The molecule has 1 saturated carbocycles. The normalized spacial score (nSPS) is 19.9. The summed E-state index contributed by atoms with van der Waals surface area (Å²) in [6.07, 6.45) is 8.62. The third-order valence-electron chi connectivity index (χ3n) is 5.28. The lowest BCUT2D eigenvalue weighted by molar-refractivity contribution is 0.0718. The van der Waals surface area contributed by atoms with Crippen LogP contribution in [0.2, 0.25) is 0 Å². The number of thiophene rings is 1. The van der Waals surface area contributed by atoms with Gasteiger partial charge in [-0.05, 0) is 30.2 Å². The van der Waals surface area contributed by atoms with Crippen LogP contribution in [0.15, 0.2) is 17.5 Å². The Kier molecular flexibility index (Phi) is 4.94. The maximum atomic E-state index is 12.4. The molecule has 0 atom stereocenters. The van der Waals surface area contributed by atoms with Gasteiger partial charge in [0, 0.05) is 25.4 Å². The zero-order valence-corrected chi connectivity index (χ0v) is 15.5. The predicted octanol–water partition coefficient (Wildman–Crippen LogP) is 4.35. The Morgan fingerprint density at radius 3 is 2.67 bits per heavy atom. The first-order valence-corrected chi connectivity index (χ1v) is 10.6. The summed E-state index contributed by atoms with van der Waals surface area (Å²) < 4.78 is 0. The zero-order chi connectivity index (χ0) is 16.4. The molecular weight excluding hydrogens is 338 g/mol. The lowest BCUT2D eigenvalue weighted by atomic mass is 9.97. The second kappa shape index (κ2) is 7.31. The molecule has 1 aliphatic carbocycles. The van der Waals surface area contributed by atoms with Gasteiger partial charge in [0.15, 0.2) is 0 Å². The molecule has 2 fully saturated rings. The van der Waals surface area contributed by atoms with Crippen molar-refractivity contribution in [3.8, 4) is 0 Å². The van der Waals surface area contributed by atoms with E-state index in [9.17, 15) is 4.79 Å². The molecule has 4 nitrogen and oxygen atoms in total. The quantitative estimate of drug-likeness (QED) is 0.813. The van der Waals surface area contributed by atoms with Gasteiger partial charge in [-0.15, -0.1) is 32.9 Å². The second-order valence-electron chi connectivity index (χ2n) is 6.93. The maximum Gasteiger partial charge on any atom is 0.263 e. The summed E-state index contributed by atoms with van der Waals surface area (Å²) >= 11 is 3.34. The first-order valence-electron chi connectivity index (χ1n) is 8.94. The van der Waals surface area contributed by atoms with Crippen LogP contribution >= 0.6 is 22.7 Å². The van der Waals surface area contributed by atoms with Crippen molar-refractivity contribution < 1.29 is 4.79 Å². The summed E-state index contributed by atoms with van der Waals surface area (Å²) in [5.41, 5.74) is 0. The van der Waals surface area contributed by atoms with Crippen molar-refractivity contribution in [1.29, 1.82) is 0 Å². The van der Waals surface area contributed by atoms with Gasteiger partial charge in [0.1, 0.15) is 10.0 Å². The van der Waals surface area contributed by atoms with Crippen molar-refractivity contribution >= 4 is 28.6 Å². The van der Waals surface area contributed by atoms with Gasteiger partial charge in [-0.25, -0.2) is 0 Å². The summed E-state index contributed by atoms with van der Waals surface area (Å²) in [5.74, 6) is 1.49. The summed E-state index contributed by atoms with van der Waals surface area (Å²) in [7, 11) is 0. The number of hydrogen-bond acceptors (Lipinski definition) is 5. The van der Waals surface area contributed by atoms with Crippen LogP contribution in [-0.2, 0) is 6.42 Å². The highest BCUT2D eigenvalue weighted by Gasteiger charge is 2.27. The molecule has 0 unspecified atom stereocenters. The molecule has 2 aliphatic rings. The van der Waals surface area contributed by atoms with E-state index in [0.29, 0.717) is 5.92 Å². The minimum Gasteiger partial charge on any atom is -0.338 e. The van der Waals surface area contributed by atoms with Crippen molar-refractivity contribution in [2.45, 2.75) is 50.9 Å². The van der Waals surface area contributed by atoms with Crippen LogP contribution in [-0.4, -0.2) is 34.1 Å². The first kappa shape index (κ1) is 16.2. The number of hydrogen-bond donors (Lipinski definition) is 0. The van der Waals surface area contributed by atoms with Gasteiger partial charge in [-0.1, -0.05) is 31.7 Å². The van der Waals surface area contributed by atoms with E-state index >= 15 is 0 Å². The van der Waals surface area contributed by atoms with Gasteiger partial charge in [-0.3, -0.25) is 4.79 Å². The highest BCUT2D eigenvalue weighted by Crippen LogP contribution is 2.33. The number of likely N-dealkylation sites (tertiary alicyclic amines) is 1. The molecule has 24 heavy (non-hydrogen) atoms. The minimum absolute atomic E-state index is 0.183. The van der Waals surface area contributed by atoms with Crippen molar-refractivity contribution in [1.82, 2.24) is 15.1 Å². The Hall–Kier alpha value is -1.27. The fourth-order valence-electron chi connectivity index (χ4n) is 3.86. The first-order chi connectivity index (χ1) is 11.8. The lowest BCUT2D eigenvalue weighted by Crippen LogP contribution is -2.37. The zero-order valence-electron chi connectivity index (χ0n) is 13.8. The van der Waals surface area contributed by atoms with Gasteiger partial charge in [-0.2, -0.15) is 0 Å². The average molecular weight is 362 g/mol. The largest absolute Gasteiger partial charge is 0.338 e. The third-order valence-corrected chi connectivity index (χ3v) is 7.25. The summed E-state index contributed by atoms with van der Waals surface area (Å²) in [6, 6.07) is 3.86. The number of amides is 1. The number of rotatable bonds is 4. The highest BCUT2D eigenvalue weighted by molar-refractivity contribution is 7.12. The van der Waals surface area contributed by atoms with Crippen LogP contribution < -0.4 is 0 Å². The number of piperidine rings is 1. The average Bonchev–Trinajstić information content (AvgIpc) is 3.37. The Balaban J connectivity index is 1.32. The van der Waals surface area contributed by atoms with E-state index in [1.807, 2.05) is 33.7 Å². The van der Waals surface area contributed by atoms with E-state index in [1.165, 1.54) is 47.0 Å². The highest BCUT2D eigenvalue weighted by atomic mass is 32.1. The van der Waals surface area contributed by atoms with Crippen LogP contribution in [0.4, 0.5) is 0 Å². The van der Waals surface area contributed by atoms with E-state index < -0.39 is 0 Å². The molecule has 1 saturated heterocycles. The number of nitrogens with zero attached hydrogens (tertiary/aromatic N) is 3. The maximum absolute atomic E-state index is 12.4. The van der Waals surface area contributed by atoms with E-state index in [1.54, 1.807) is 0 Å². The summed E-state index contributed by atoms with van der Waals surface area (Å²) in [6.45, 7) is 1.66. The second-order valence-corrected chi connectivity index (χ2v) is 8.97. The van der Waals surface area contributed by atoms with E-state index in [4.69, 9.17) is 0 Å². The minimum atomic E-state index is 0.183. The van der Waals surface area contributed by atoms with Crippen LogP contribution in [0.5, 0.6) is 0 Å². The number of carbonyl (C=O) groups is 1. The SMILES string of the molecule is O=C(c1cccs1)N1CCC(c2nnc(CC3CCCC3)s2)CC1. The third kappa shape index (κ3) is 3.54.